The van der Waals surface area contributed by atoms with Gasteiger partial charge < -0.3 is 10.2 Å². The van der Waals surface area contributed by atoms with Crippen LogP contribution in [0.4, 0.5) is 0 Å². The zero-order valence-electron chi connectivity index (χ0n) is 17.2. The highest BCUT2D eigenvalue weighted by Crippen LogP contribution is 2.18. The van der Waals surface area contributed by atoms with Crippen LogP contribution in [0.5, 0.6) is 0 Å². The number of nitrogens with zero attached hydrogens (tertiary/aromatic N) is 2. The predicted molar refractivity (Wildman–Crippen MR) is 119 cm³/mol. The van der Waals surface area contributed by atoms with Gasteiger partial charge in [-0.1, -0.05) is 42.5 Å². The molecular formula is C21H26N2O6S2. The summed E-state index contributed by atoms with van der Waals surface area (Å²) in [6.45, 7) is 3.56. The minimum Gasteiger partial charge on any atom is -0.473 e. The van der Waals surface area contributed by atoms with Crippen molar-refractivity contribution in [1.29, 1.82) is 0 Å². The molecule has 0 saturated carbocycles. The fourth-order valence-electron chi connectivity index (χ4n) is 3.03. The molecule has 2 N–H and O–H groups in total. The lowest BCUT2D eigenvalue weighted by Crippen LogP contribution is -2.48. The number of piperazine rings is 1. The average molecular weight is 467 g/mol. The molecule has 2 aromatic rings. The topological polar surface area (TPSA) is 115 Å². The molecule has 168 valence electrons. The van der Waals surface area contributed by atoms with Crippen molar-refractivity contribution in [3.63, 3.8) is 0 Å². The van der Waals surface area contributed by atoms with Crippen LogP contribution in [0.3, 0.4) is 0 Å². The van der Waals surface area contributed by atoms with E-state index in [9.17, 15) is 8.42 Å². The van der Waals surface area contributed by atoms with Gasteiger partial charge in [-0.2, -0.15) is 4.31 Å². The van der Waals surface area contributed by atoms with Crippen LogP contribution >= 0.6 is 11.8 Å². The summed E-state index contributed by atoms with van der Waals surface area (Å²) in [5, 5.41) is 14.8. The molecule has 0 aromatic heterocycles. The summed E-state index contributed by atoms with van der Waals surface area (Å²) in [4.78, 5) is 21.8. The third-order valence-corrected chi connectivity index (χ3v) is 7.26. The summed E-state index contributed by atoms with van der Waals surface area (Å²) in [5.41, 5.74) is 2.12. The highest BCUT2D eigenvalue weighted by molar-refractivity contribution is 7.98. The van der Waals surface area contributed by atoms with Crippen LogP contribution < -0.4 is 0 Å². The number of carbonyl (C=O) groups is 2. The lowest BCUT2D eigenvalue weighted by atomic mass is 10.2. The van der Waals surface area contributed by atoms with Gasteiger partial charge in [-0.25, -0.2) is 18.0 Å². The second kappa shape index (κ2) is 11.8. The Hall–Kier alpha value is -2.40. The molecule has 0 unspecified atom stereocenters. The molecule has 1 fully saturated rings. The molecule has 0 amide bonds. The van der Waals surface area contributed by atoms with Crippen molar-refractivity contribution >= 4 is 33.7 Å². The maximum Gasteiger partial charge on any atom is 0.414 e. The van der Waals surface area contributed by atoms with Crippen LogP contribution in [0.15, 0.2) is 59.5 Å². The van der Waals surface area contributed by atoms with Crippen molar-refractivity contribution in [2.45, 2.75) is 17.2 Å². The Bertz CT molecular complexity index is 945. The van der Waals surface area contributed by atoms with E-state index >= 15 is 0 Å². The van der Waals surface area contributed by atoms with Gasteiger partial charge in [0.25, 0.3) is 0 Å². The Balaban J connectivity index is 0.000000501. The van der Waals surface area contributed by atoms with Crippen molar-refractivity contribution in [2.75, 3.05) is 32.4 Å². The maximum atomic E-state index is 12.6. The van der Waals surface area contributed by atoms with Gasteiger partial charge in [0.2, 0.25) is 10.0 Å². The molecule has 0 radical (unpaired) electrons. The summed E-state index contributed by atoms with van der Waals surface area (Å²) in [6, 6.07) is 18.0. The van der Waals surface area contributed by atoms with Gasteiger partial charge in [0.1, 0.15) is 0 Å². The quantitative estimate of drug-likeness (QED) is 0.492. The van der Waals surface area contributed by atoms with E-state index in [0.29, 0.717) is 13.1 Å². The van der Waals surface area contributed by atoms with Crippen molar-refractivity contribution in [3.05, 3.63) is 65.7 Å². The van der Waals surface area contributed by atoms with Gasteiger partial charge >= 0.3 is 11.9 Å². The van der Waals surface area contributed by atoms with Crippen molar-refractivity contribution < 1.29 is 28.2 Å². The zero-order valence-corrected chi connectivity index (χ0v) is 18.8. The van der Waals surface area contributed by atoms with Gasteiger partial charge in [0, 0.05) is 37.6 Å². The number of carboxylic acid groups (broad SMARTS) is 2. The normalized spacial score (nSPS) is 15.0. The fourth-order valence-corrected chi connectivity index (χ4v) is 4.96. The Morgan fingerprint density at radius 3 is 1.90 bits per heavy atom. The van der Waals surface area contributed by atoms with Crippen LogP contribution in [-0.4, -0.2) is 72.2 Å². The van der Waals surface area contributed by atoms with Gasteiger partial charge in [-0.15, -0.1) is 11.8 Å². The minimum absolute atomic E-state index is 0.0873. The van der Waals surface area contributed by atoms with E-state index in [1.807, 2.05) is 30.3 Å². The lowest BCUT2D eigenvalue weighted by Gasteiger charge is -2.34. The van der Waals surface area contributed by atoms with Crippen LogP contribution in [0.1, 0.15) is 11.1 Å². The maximum absolute atomic E-state index is 12.6. The Kier molecular flexibility index (Phi) is 9.50. The molecule has 0 spiro atoms. The largest absolute Gasteiger partial charge is 0.473 e. The van der Waals surface area contributed by atoms with E-state index in [0.717, 1.165) is 25.2 Å². The average Bonchev–Trinajstić information content (AvgIpc) is 2.75. The first-order valence-corrected chi connectivity index (χ1v) is 12.4. The van der Waals surface area contributed by atoms with Gasteiger partial charge in [0.05, 0.1) is 5.75 Å². The van der Waals surface area contributed by atoms with E-state index in [-0.39, 0.29) is 5.75 Å². The van der Waals surface area contributed by atoms with Crippen LogP contribution in [0, 0.1) is 0 Å². The molecule has 3 rings (SSSR count). The molecule has 0 aliphatic carbocycles. The smallest absolute Gasteiger partial charge is 0.414 e. The first-order chi connectivity index (χ1) is 14.7. The summed E-state index contributed by atoms with van der Waals surface area (Å²) >= 11 is 1.74. The fraction of sp³-hybridized carbons (Fsp3) is 0.333. The Morgan fingerprint density at radius 2 is 1.42 bits per heavy atom. The zero-order chi connectivity index (χ0) is 22.9. The molecule has 0 atom stereocenters. The first kappa shape index (κ1) is 24.9. The highest BCUT2D eigenvalue weighted by atomic mass is 32.2. The minimum atomic E-state index is -3.24. The van der Waals surface area contributed by atoms with Gasteiger partial charge in [-0.3, -0.25) is 4.90 Å². The Labute approximate surface area is 186 Å². The molecule has 10 heteroatoms. The predicted octanol–water partition coefficient (Wildman–Crippen LogP) is 2.21. The molecule has 8 nitrogen and oxygen atoms in total. The first-order valence-electron chi connectivity index (χ1n) is 9.54. The summed E-state index contributed by atoms with van der Waals surface area (Å²) in [5.74, 6) is -3.56. The molecule has 2 aromatic carbocycles. The molecule has 0 bridgehead atoms. The second-order valence-corrected chi connectivity index (χ2v) is 9.72. The number of benzene rings is 2. The SMILES string of the molecule is CSc1ccc(CN2CCN(S(=O)(=O)Cc3ccccc3)CC2)cc1.O=C(O)C(=O)O. The monoisotopic (exact) mass is 466 g/mol. The number of thioether (sulfide) groups is 1. The standard InChI is InChI=1S/C19H24N2O2S2.C2H2O4/c1-24-19-9-7-17(8-10-19)15-20-11-13-21(14-12-20)25(22,23)16-18-5-3-2-4-6-18;3-1(4)2(5)6/h2-10H,11-16H2,1H3;(H,3,4)(H,5,6). The van der Waals surface area contributed by atoms with E-state index < -0.39 is 22.0 Å². The highest BCUT2D eigenvalue weighted by Gasteiger charge is 2.27. The Morgan fingerprint density at radius 1 is 0.871 bits per heavy atom. The molecule has 1 aliphatic rings. The van der Waals surface area contributed by atoms with Crippen molar-refractivity contribution in [3.8, 4) is 0 Å². The van der Waals surface area contributed by atoms with E-state index in [1.54, 1.807) is 16.1 Å². The van der Waals surface area contributed by atoms with Crippen molar-refractivity contribution in [1.82, 2.24) is 9.21 Å². The molecular weight excluding hydrogens is 440 g/mol. The summed E-state index contributed by atoms with van der Waals surface area (Å²) in [6.07, 6.45) is 2.07. The van der Waals surface area contributed by atoms with E-state index in [2.05, 4.69) is 35.4 Å². The van der Waals surface area contributed by atoms with Gasteiger partial charge in [-0.05, 0) is 29.5 Å². The van der Waals surface area contributed by atoms with Crippen LogP contribution in [0.2, 0.25) is 0 Å². The summed E-state index contributed by atoms with van der Waals surface area (Å²) in [7, 11) is -3.24. The van der Waals surface area contributed by atoms with E-state index in [1.165, 1.54) is 10.5 Å². The third kappa shape index (κ3) is 8.33. The second-order valence-electron chi connectivity index (χ2n) is 6.88. The number of rotatable bonds is 6. The summed E-state index contributed by atoms with van der Waals surface area (Å²) < 4.78 is 26.8. The third-order valence-electron chi connectivity index (χ3n) is 4.66. The van der Waals surface area contributed by atoms with Gasteiger partial charge in [0.15, 0.2) is 0 Å². The molecule has 1 saturated heterocycles. The number of sulfonamides is 1. The number of carboxylic acids is 2. The number of aliphatic carboxylic acids is 2. The number of hydrogen-bond acceptors (Lipinski definition) is 6. The molecule has 1 heterocycles. The lowest BCUT2D eigenvalue weighted by molar-refractivity contribution is -0.159. The molecule has 31 heavy (non-hydrogen) atoms. The number of hydrogen-bond donors (Lipinski definition) is 2. The van der Waals surface area contributed by atoms with Crippen LogP contribution in [0.25, 0.3) is 0 Å². The molecule has 1 aliphatic heterocycles. The van der Waals surface area contributed by atoms with Crippen molar-refractivity contribution in [2.24, 2.45) is 0 Å². The van der Waals surface area contributed by atoms with Crippen LogP contribution in [-0.2, 0) is 31.9 Å². The van der Waals surface area contributed by atoms with E-state index in [4.69, 9.17) is 19.8 Å².